The first-order valence-electron chi connectivity index (χ1n) is 7.47. The molecular weight excluding hydrogens is 318 g/mol. The number of hydrogen-bond acceptors (Lipinski definition) is 3. The molecule has 0 radical (unpaired) electrons. The van der Waals surface area contributed by atoms with Crippen molar-refractivity contribution >= 4 is 11.8 Å². The van der Waals surface area contributed by atoms with Gasteiger partial charge in [0.05, 0.1) is 11.1 Å². The molecule has 3 rings (SSSR count). The summed E-state index contributed by atoms with van der Waals surface area (Å²) >= 11 is 0. The van der Waals surface area contributed by atoms with E-state index in [9.17, 15) is 18.4 Å². The Morgan fingerprint density at radius 1 is 1.33 bits per heavy atom. The third kappa shape index (κ3) is 2.64. The SMILES string of the molecule is CC1C(=O)NCCN1C(=O)c1cn(C)nc1-c1c(F)cccc1F. The largest absolute Gasteiger partial charge is 0.353 e. The predicted molar refractivity (Wildman–Crippen MR) is 82.1 cm³/mol. The highest BCUT2D eigenvalue weighted by Gasteiger charge is 2.33. The maximum absolute atomic E-state index is 14.1. The van der Waals surface area contributed by atoms with Crippen LogP contribution in [-0.4, -0.2) is 45.6 Å². The minimum absolute atomic E-state index is 0.0584. The van der Waals surface area contributed by atoms with Crippen molar-refractivity contribution in [2.75, 3.05) is 13.1 Å². The fourth-order valence-corrected chi connectivity index (χ4v) is 2.77. The third-order valence-corrected chi connectivity index (χ3v) is 4.02. The van der Waals surface area contributed by atoms with E-state index in [1.54, 1.807) is 14.0 Å². The summed E-state index contributed by atoms with van der Waals surface area (Å²) in [6.07, 6.45) is 1.41. The first-order valence-corrected chi connectivity index (χ1v) is 7.47. The zero-order chi connectivity index (χ0) is 17.4. The number of carbonyl (C=O) groups is 2. The van der Waals surface area contributed by atoms with Crippen LogP contribution in [0.3, 0.4) is 0 Å². The molecule has 1 aromatic carbocycles. The average Bonchev–Trinajstić information content (AvgIpc) is 2.91. The Bertz CT molecular complexity index is 798. The highest BCUT2D eigenvalue weighted by molar-refractivity contribution is 6.02. The van der Waals surface area contributed by atoms with E-state index in [4.69, 9.17) is 0 Å². The Hall–Kier alpha value is -2.77. The van der Waals surface area contributed by atoms with Gasteiger partial charge in [0.2, 0.25) is 5.91 Å². The van der Waals surface area contributed by atoms with E-state index in [1.807, 2.05) is 0 Å². The van der Waals surface area contributed by atoms with E-state index in [2.05, 4.69) is 10.4 Å². The Balaban J connectivity index is 2.07. The smallest absolute Gasteiger partial charge is 0.258 e. The van der Waals surface area contributed by atoms with Crippen molar-refractivity contribution in [1.82, 2.24) is 20.0 Å². The molecule has 1 unspecified atom stereocenters. The van der Waals surface area contributed by atoms with Gasteiger partial charge in [0, 0.05) is 26.3 Å². The predicted octanol–water partition coefficient (Wildman–Crippen LogP) is 1.33. The minimum Gasteiger partial charge on any atom is -0.353 e. The van der Waals surface area contributed by atoms with Crippen LogP contribution in [0.4, 0.5) is 8.78 Å². The van der Waals surface area contributed by atoms with E-state index >= 15 is 0 Å². The lowest BCUT2D eigenvalue weighted by Gasteiger charge is -2.32. The lowest BCUT2D eigenvalue weighted by molar-refractivity contribution is -0.127. The van der Waals surface area contributed by atoms with Gasteiger partial charge in [0.25, 0.3) is 5.91 Å². The molecule has 0 spiro atoms. The average molecular weight is 334 g/mol. The molecule has 24 heavy (non-hydrogen) atoms. The molecular formula is C16H16F2N4O2. The zero-order valence-electron chi connectivity index (χ0n) is 13.2. The van der Waals surface area contributed by atoms with Crippen molar-refractivity contribution in [3.63, 3.8) is 0 Å². The summed E-state index contributed by atoms with van der Waals surface area (Å²) in [5, 5.41) is 6.72. The number of carbonyl (C=O) groups excluding carboxylic acids is 2. The molecule has 126 valence electrons. The zero-order valence-corrected chi connectivity index (χ0v) is 13.2. The van der Waals surface area contributed by atoms with Crippen LogP contribution < -0.4 is 5.32 Å². The summed E-state index contributed by atoms with van der Waals surface area (Å²) in [5.41, 5.74) is -0.366. The van der Waals surface area contributed by atoms with Gasteiger partial charge in [0.1, 0.15) is 23.4 Å². The summed E-state index contributed by atoms with van der Waals surface area (Å²) < 4.78 is 29.5. The normalized spacial score (nSPS) is 17.8. The lowest BCUT2D eigenvalue weighted by Crippen LogP contribution is -2.55. The van der Waals surface area contributed by atoms with Crippen LogP contribution in [0.2, 0.25) is 0 Å². The van der Waals surface area contributed by atoms with Gasteiger partial charge in [-0.3, -0.25) is 14.3 Å². The first-order chi connectivity index (χ1) is 11.4. The van der Waals surface area contributed by atoms with E-state index < -0.39 is 23.6 Å². The highest BCUT2D eigenvalue weighted by Crippen LogP contribution is 2.29. The van der Waals surface area contributed by atoms with Crippen molar-refractivity contribution < 1.29 is 18.4 Å². The van der Waals surface area contributed by atoms with Gasteiger partial charge in [-0.1, -0.05) is 6.07 Å². The lowest BCUT2D eigenvalue weighted by atomic mass is 10.0. The first kappa shape index (κ1) is 16.1. The molecule has 1 atom stereocenters. The second-order valence-electron chi connectivity index (χ2n) is 5.63. The number of hydrogen-bond donors (Lipinski definition) is 1. The van der Waals surface area contributed by atoms with E-state index in [0.717, 1.165) is 12.1 Å². The molecule has 1 fully saturated rings. The van der Waals surface area contributed by atoms with Gasteiger partial charge in [-0.2, -0.15) is 5.10 Å². The molecule has 1 aromatic heterocycles. The van der Waals surface area contributed by atoms with Crippen molar-refractivity contribution in [1.29, 1.82) is 0 Å². The Morgan fingerprint density at radius 2 is 2.00 bits per heavy atom. The molecule has 8 heteroatoms. The summed E-state index contributed by atoms with van der Waals surface area (Å²) in [5.74, 6) is -2.35. The van der Waals surface area contributed by atoms with Gasteiger partial charge in [-0.25, -0.2) is 8.78 Å². The summed E-state index contributed by atoms with van der Waals surface area (Å²) in [4.78, 5) is 26.0. The van der Waals surface area contributed by atoms with Crippen LogP contribution in [0, 0.1) is 11.6 Å². The fourth-order valence-electron chi connectivity index (χ4n) is 2.77. The number of benzene rings is 1. The van der Waals surface area contributed by atoms with Gasteiger partial charge < -0.3 is 10.2 Å². The fraction of sp³-hybridized carbons (Fsp3) is 0.312. The second-order valence-corrected chi connectivity index (χ2v) is 5.63. The molecule has 1 aliphatic heterocycles. The Morgan fingerprint density at radius 3 is 2.67 bits per heavy atom. The maximum atomic E-state index is 14.1. The quantitative estimate of drug-likeness (QED) is 0.901. The van der Waals surface area contributed by atoms with Crippen molar-refractivity contribution in [2.24, 2.45) is 7.05 Å². The standard InChI is InChI=1S/C16H16F2N4O2/c1-9-15(23)19-6-7-22(9)16(24)10-8-21(2)20-14(10)13-11(17)4-3-5-12(13)18/h3-5,8-9H,6-7H2,1-2H3,(H,19,23). The second kappa shape index (κ2) is 6.03. The third-order valence-electron chi connectivity index (χ3n) is 4.02. The van der Waals surface area contributed by atoms with Gasteiger partial charge in [0.15, 0.2) is 0 Å². The number of aryl methyl sites for hydroxylation is 1. The highest BCUT2D eigenvalue weighted by atomic mass is 19.1. The molecule has 0 bridgehead atoms. The molecule has 2 aromatic rings. The van der Waals surface area contributed by atoms with Crippen LogP contribution in [0.15, 0.2) is 24.4 Å². The van der Waals surface area contributed by atoms with Crippen molar-refractivity contribution in [3.8, 4) is 11.3 Å². The number of aromatic nitrogens is 2. The molecule has 1 saturated heterocycles. The minimum atomic E-state index is -0.799. The van der Waals surface area contributed by atoms with Gasteiger partial charge in [-0.05, 0) is 19.1 Å². The molecule has 1 aliphatic rings. The van der Waals surface area contributed by atoms with Gasteiger partial charge >= 0.3 is 0 Å². The Labute approximate surface area is 137 Å². The molecule has 0 saturated carbocycles. The molecule has 2 amide bonds. The summed E-state index contributed by atoms with van der Waals surface area (Å²) in [6.45, 7) is 2.25. The summed E-state index contributed by atoms with van der Waals surface area (Å²) in [6, 6.07) is 2.80. The topological polar surface area (TPSA) is 67.2 Å². The van der Waals surface area contributed by atoms with Crippen molar-refractivity contribution in [3.05, 3.63) is 41.6 Å². The van der Waals surface area contributed by atoms with Gasteiger partial charge in [-0.15, -0.1) is 0 Å². The molecule has 1 N–H and O–H groups in total. The Kier molecular flexibility index (Phi) is 4.04. The maximum Gasteiger partial charge on any atom is 0.258 e. The van der Waals surface area contributed by atoms with Crippen LogP contribution in [0.25, 0.3) is 11.3 Å². The number of piperazine rings is 1. The van der Waals surface area contributed by atoms with E-state index in [1.165, 1.54) is 21.8 Å². The number of nitrogens with zero attached hydrogens (tertiary/aromatic N) is 3. The summed E-state index contributed by atoms with van der Waals surface area (Å²) in [7, 11) is 1.56. The molecule has 0 aliphatic carbocycles. The van der Waals surface area contributed by atoms with E-state index in [0.29, 0.717) is 13.1 Å². The van der Waals surface area contributed by atoms with E-state index in [-0.39, 0.29) is 22.7 Å². The molecule has 6 nitrogen and oxygen atoms in total. The number of halogens is 2. The number of rotatable bonds is 2. The van der Waals surface area contributed by atoms with Crippen LogP contribution >= 0.6 is 0 Å². The monoisotopic (exact) mass is 334 g/mol. The number of amides is 2. The number of nitrogens with one attached hydrogen (secondary N) is 1. The molecule has 2 heterocycles. The van der Waals surface area contributed by atoms with Crippen LogP contribution in [0.1, 0.15) is 17.3 Å². The van der Waals surface area contributed by atoms with Crippen LogP contribution in [0.5, 0.6) is 0 Å². The van der Waals surface area contributed by atoms with Crippen molar-refractivity contribution in [2.45, 2.75) is 13.0 Å². The van der Waals surface area contributed by atoms with Crippen LogP contribution in [-0.2, 0) is 11.8 Å².